The molecule has 1 N–H and O–H groups in total. The predicted molar refractivity (Wildman–Crippen MR) is 140 cm³/mol. The summed E-state index contributed by atoms with van der Waals surface area (Å²) in [6.45, 7) is 5.01. The van der Waals surface area contributed by atoms with Crippen LogP contribution in [-0.4, -0.2) is 46.9 Å². The van der Waals surface area contributed by atoms with E-state index in [0.29, 0.717) is 25.3 Å². The van der Waals surface area contributed by atoms with Crippen molar-refractivity contribution in [1.29, 1.82) is 0 Å². The number of anilines is 1. The highest BCUT2D eigenvalue weighted by molar-refractivity contribution is 5.96. The Hall–Kier alpha value is -3.84. The molecular weight excluding hydrogens is 454 g/mol. The second kappa shape index (κ2) is 10.0. The molecule has 5 rings (SSSR count). The summed E-state index contributed by atoms with van der Waals surface area (Å²) in [5.74, 6) is 2.28. The van der Waals surface area contributed by atoms with Gasteiger partial charge in [0.2, 0.25) is 5.91 Å². The molecule has 1 aliphatic heterocycles. The number of hydrogen-bond donors (Lipinski definition) is 1. The fourth-order valence-electron chi connectivity index (χ4n) is 4.98. The molecule has 0 spiro atoms. The number of aryl methyl sites for hydroxylation is 2. The lowest BCUT2D eigenvalue weighted by Crippen LogP contribution is -2.26. The molecule has 7 heteroatoms. The number of para-hydroxylation sites is 3. The van der Waals surface area contributed by atoms with Gasteiger partial charge in [0.05, 0.1) is 24.7 Å². The summed E-state index contributed by atoms with van der Waals surface area (Å²) < 4.78 is 13.4. The van der Waals surface area contributed by atoms with Crippen LogP contribution in [0.2, 0.25) is 0 Å². The number of aromatic nitrogens is 2. The maximum atomic E-state index is 13.0. The van der Waals surface area contributed by atoms with E-state index in [2.05, 4.69) is 0 Å². The van der Waals surface area contributed by atoms with E-state index in [1.54, 1.807) is 12.0 Å². The molecule has 3 aromatic carbocycles. The molecule has 1 fully saturated rings. The zero-order chi connectivity index (χ0) is 25.2. The number of amides is 1. The Morgan fingerprint density at radius 2 is 1.81 bits per heavy atom. The average Bonchev–Trinajstić information content (AvgIpc) is 3.44. The van der Waals surface area contributed by atoms with Gasteiger partial charge < -0.3 is 24.0 Å². The lowest BCUT2D eigenvalue weighted by Gasteiger charge is -2.20. The molecule has 4 aromatic rings. The first-order valence-corrected chi connectivity index (χ1v) is 12.2. The number of imidazole rings is 1. The number of aliphatic hydroxyl groups is 1. The number of rotatable bonds is 8. The van der Waals surface area contributed by atoms with Gasteiger partial charge in [-0.25, -0.2) is 4.98 Å². The number of ether oxygens (including phenoxy) is 2. The van der Waals surface area contributed by atoms with Gasteiger partial charge in [-0.3, -0.25) is 4.79 Å². The minimum absolute atomic E-state index is 0.0470. The summed E-state index contributed by atoms with van der Waals surface area (Å²) in [5.41, 5.74) is 4.68. The molecule has 2 heterocycles. The van der Waals surface area contributed by atoms with Crippen LogP contribution >= 0.6 is 0 Å². The topological polar surface area (TPSA) is 76.8 Å². The Morgan fingerprint density at radius 1 is 1.06 bits per heavy atom. The van der Waals surface area contributed by atoms with Crippen LogP contribution < -0.4 is 14.4 Å². The molecule has 1 aliphatic rings. The van der Waals surface area contributed by atoms with E-state index in [1.807, 2.05) is 85.1 Å². The Kier molecular flexibility index (Phi) is 6.65. The molecule has 36 heavy (non-hydrogen) atoms. The molecule has 0 aliphatic carbocycles. The fourth-order valence-corrected chi connectivity index (χ4v) is 4.98. The maximum absolute atomic E-state index is 13.0. The molecular formula is C29H31N3O4. The summed E-state index contributed by atoms with van der Waals surface area (Å²) >= 11 is 0. The van der Waals surface area contributed by atoms with Crippen molar-refractivity contribution in [3.63, 3.8) is 0 Å². The van der Waals surface area contributed by atoms with Gasteiger partial charge in [0, 0.05) is 30.6 Å². The van der Waals surface area contributed by atoms with Crippen LogP contribution in [0.3, 0.4) is 0 Å². The maximum Gasteiger partial charge on any atom is 0.227 e. The summed E-state index contributed by atoms with van der Waals surface area (Å²) in [6.07, 6.45) is -0.387. The quantitative estimate of drug-likeness (QED) is 0.394. The zero-order valence-corrected chi connectivity index (χ0v) is 20.8. The van der Waals surface area contributed by atoms with Crippen LogP contribution in [0.15, 0.2) is 66.7 Å². The molecule has 2 atom stereocenters. The lowest BCUT2D eigenvalue weighted by molar-refractivity contribution is -0.117. The first-order chi connectivity index (χ1) is 17.4. The van der Waals surface area contributed by atoms with Gasteiger partial charge in [0.1, 0.15) is 30.0 Å². The van der Waals surface area contributed by atoms with Crippen LogP contribution in [0, 0.1) is 13.8 Å². The van der Waals surface area contributed by atoms with Crippen molar-refractivity contribution in [3.8, 4) is 11.5 Å². The van der Waals surface area contributed by atoms with E-state index in [-0.39, 0.29) is 18.4 Å². The molecule has 0 saturated carbocycles. The zero-order valence-electron chi connectivity index (χ0n) is 20.8. The number of benzene rings is 3. The predicted octanol–water partition coefficient (Wildman–Crippen LogP) is 4.62. The van der Waals surface area contributed by atoms with Crippen molar-refractivity contribution < 1.29 is 19.4 Å². The smallest absolute Gasteiger partial charge is 0.227 e. The highest BCUT2D eigenvalue weighted by Gasteiger charge is 2.35. The Morgan fingerprint density at radius 3 is 2.58 bits per heavy atom. The van der Waals surface area contributed by atoms with Gasteiger partial charge in [0.25, 0.3) is 0 Å². The lowest BCUT2D eigenvalue weighted by atomic mass is 10.1. The van der Waals surface area contributed by atoms with Crippen LogP contribution in [0.4, 0.5) is 5.69 Å². The van der Waals surface area contributed by atoms with Crippen molar-refractivity contribution in [2.45, 2.75) is 38.8 Å². The SMILES string of the molecule is COc1cccc(N2C[C@@H](c3nc4ccccc4n3C[C@@H](O)COc3c(C)cccc3C)CC2=O)c1. The second-order valence-electron chi connectivity index (χ2n) is 9.36. The van der Waals surface area contributed by atoms with E-state index < -0.39 is 6.10 Å². The third-order valence-corrected chi connectivity index (χ3v) is 6.76. The Labute approximate surface area is 210 Å². The fraction of sp³-hybridized carbons (Fsp3) is 0.310. The molecule has 1 saturated heterocycles. The first kappa shape index (κ1) is 23.9. The summed E-state index contributed by atoms with van der Waals surface area (Å²) in [7, 11) is 1.62. The molecule has 0 bridgehead atoms. The van der Waals surface area contributed by atoms with Crippen LogP contribution in [0.25, 0.3) is 11.0 Å². The monoisotopic (exact) mass is 485 g/mol. The molecule has 0 unspecified atom stereocenters. The van der Waals surface area contributed by atoms with Crippen LogP contribution in [-0.2, 0) is 11.3 Å². The number of aliphatic hydroxyl groups excluding tert-OH is 1. The van der Waals surface area contributed by atoms with E-state index in [4.69, 9.17) is 14.5 Å². The summed E-state index contributed by atoms with van der Waals surface area (Å²) in [6, 6.07) is 21.4. The molecule has 186 valence electrons. The van der Waals surface area contributed by atoms with Gasteiger partial charge in [0.15, 0.2) is 0 Å². The van der Waals surface area contributed by atoms with E-state index in [0.717, 1.165) is 39.4 Å². The molecule has 1 aromatic heterocycles. The minimum Gasteiger partial charge on any atom is -0.497 e. The average molecular weight is 486 g/mol. The van der Waals surface area contributed by atoms with E-state index in [9.17, 15) is 9.90 Å². The summed E-state index contributed by atoms with van der Waals surface area (Å²) in [4.78, 5) is 19.7. The molecule has 1 amide bonds. The van der Waals surface area contributed by atoms with Crippen molar-refractivity contribution in [1.82, 2.24) is 9.55 Å². The van der Waals surface area contributed by atoms with E-state index >= 15 is 0 Å². The van der Waals surface area contributed by atoms with Crippen molar-refractivity contribution in [2.75, 3.05) is 25.2 Å². The number of nitrogens with zero attached hydrogens (tertiary/aromatic N) is 3. The number of carbonyl (C=O) groups is 1. The third kappa shape index (κ3) is 4.66. The highest BCUT2D eigenvalue weighted by atomic mass is 16.5. The second-order valence-corrected chi connectivity index (χ2v) is 9.36. The number of fused-ring (bicyclic) bond motifs is 1. The minimum atomic E-state index is -0.744. The van der Waals surface area contributed by atoms with Gasteiger partial charge >= 0.3 is 0 Å². The Bertz CT molecular complexity index is 1380. The number of methoxy groups -OCH3 is 1. The van der Waals surface area contributed by atoms with Crippen molar-refractivity contribution >= 4 is 22.6 Å². The van der Waals surface area contributed by atoms with Gasteiger partial charge in [-0.05, 0) is 49.2 Å². The summed E-state index contributed by atoms with van der Waals surface area (Å²) in [5, 5.41) is 11.0. The highest BCUT2D eigenvalue weighted by Crippen LogP contribution is 2.34. The number of carbonyl (C=O) groups excluding carboxylic acids is 1. The first-order valence-electron chi connectivity index (χ1n) is 12.2. The number of hydrogen-bond acceptors (Lipinski definition) is 5. The normalized spacial score (nSPS) is 16.5. The van der Waals surface area contributed by atoms with Crippen LogP contribution in [0.5, 0.6) is 11.5 Å². The van der Waals surface area contributed by atoms with E-state index in [1.165, 1.54) is 0 Å². The Balaban J connectivity index is 1.39. The van der Waals surface area contributed by atoms with Gasteiger partial charge in [-0.2, -0.15) is 0 Å². The van der Waals surface area contributed by atoms with Crippen molar-refractivity contribution in [3.05, 3.63) is 83.7 Å². The largest absolute Gasteiger partial charge is 0.497 e. The van der Waals surface area contributed by atoms with Crippen molar-refractivity contribution in [2.24, 2.45) is 0 Å². The van der Waals surface area contributed by atoms with Gasteiger partial charge in [-0.1, -0.05) is 36.4 Å². The standard InChI is InChI=1S/C29H31N3O4/c1-19-8-6-9-20(2)28(19)36-18-23(33)17-32-26-13-5-4-12-25(26)30-29(32)21-14-27(34)31(16-21)22-10-7-11-24(15-22)35-3/h4-13,15,21,23,33H,14,16-18H2,1-3H3/t21-,23+/m0/s1. The third-order valence-electron chi connectivity index (χ3n) is 6.76. The molecule has 7 nitrogen and oxygen atoms in total. The van der Waals surface area contributed by atoms with Crippen LogP contribution in [0.1, 0.15) is 29.3 Å². The van der Waals surface area contributed by atoms with Gasteiger partial charge in [-0.15, -0.1) is 0 Å². The molecule has 0 radical (unpaired) electrons.